The molecule has 6 heteroatoms. The normalized spacial score (nSPS) is 12.0. The Labute approximate surface area is 126 Å². The molecule has 0 aliphatic carbocycles. The molecule has 2 aromatic heterocycles. The first kappa shape index (κ1) is 13.5. The number of carbonyl (C=O) groups is 1. The van der Waals surface area contributed by atoms with Crippen molar-refractivity contribution in [2.45, 2.75) is 13.0 Å². The van der Waals surface area contributed by atoms with Crippen LogP contribution in [0.2, 0.25) is 0 Å². The highest BCUT2D eigenvalue weighted by Crippen LogP contribution is 2.16. The summed E-state index contributed by atoms with van der Waals surface area (Å²) in [5.41, 5.74) is 2.68. The summed E-state index contributed by atoms with van der Waals surface area (Å²) in [7, 11) is 0. The van der Waals surface area contributed by atoms with E-state index in [2.05, 4.69) is 15.4 Å². The Morgan fingerprint density at radius 2 is 2.10 bits per heavy atom. The molecule has 2 heterocycles. The van der Waals surface area contributed by atoms with E-state index in [0.717, 1.165) is 11.3 Å². The largest absolute Gasteiger partial charge is 0.345 e. The molecule has 1 unspecified atom stereocenters. The first-order valence-electron chi connectivity index (χ1n) is 6.52. The molecule has 0 aliphatic heterocycles. The number of nitrogens with one attached hydrogen (secondary N) is 1. The number of carbonyl (C=O) groups excluding carboxylic acids is 1. The average molecular weight is 298 g/mol. The standard InChI is InChI=1S/C15H14N4OS/c1-11(18-15(20)13-6-7-21-8-13)12-2-4-14(5-3-12)19-10-16-9-17-19/h2-11H,1H3,(H,18,20). The second-order valence-electron chi connectivity index (χ2n) is 4.64. The minimum atomic E-state index is -0.0535. The lowest BCUT2D eigenvalue weighted by Gasteiger charge is -2.14. The Bertz CT molecular complexity index is 705. The van der Waals surface area contributed by atoms with Gasteiger partial charge in [0.2, 0.25) is 0 Å². The molecule has 0 radical (unpaired) electrons. The molecule has 0 spiro atoms. The Hall–Kier alpha value is -2.47. The molecule has 5 nitrogen and oxygen atoms in total. The molecular formula is C15H14N4OS. The third-order valence-corrected chi connectivity index (χ3v) is 3.89. The van der Waals surface area contributed by atoms with Gasteiger partial charge >= 0.3 is 0 Å². The predicted molar refractivity (Wildman–Crippen MR) is 81.6 cm³/mol. The van der Waals surface area contributed by atoms with E-state index < -0.39 is 0 Å². The molecule has 0 fully saturated rings. The van der Waals surface area contributed by atoms with E-state index in [1.165, 1.54) is 17.7 Å². The van der Waals surface area contributed by atoms with Gasteiger partial charge in [0, 0.05) is 5.38 Å². The van der Waals surface area contributed by atoms with Crippen molar-refractivity contribution in [1.29, 1.82) is 0 Å². The quantitative estimate of drug-likeness (QED) is 0.805. The van der Waals surface area contributed by atoms with Gasteiger partial charge < -0.3 is 5.32 Å². The van der Waals surface area contributed by atoms with Gasteiger partial charge in [0.15, 0.2) is 0 Å². The zero-order chi connectivity index (χ0) is 14.7. The third kappa shape index (κ3) is 3.00. The highest BCUT2D eigenvalue weighted by Gasteiger charge is 2.11. The summed E-state index contributed by atoms with van der Waals surface area (Å²) in [6.07, 6.45) is 3.15. The molecule has 0 aliphatic rings. The number of aromatic nitrogens is 3. The van der Waals surface area contributed by atoms with Crippen LogP contribution in [0.15, 0.2) is 53.7 Å². The fourth-order valence-corrected chi connectivity index (χ4v) is 2.65. The Morgan fingerprint density at radius 1 is 1.29 bits per heavy atom. The van der Waals surface area contributed by atoms with Gasteiger partial charge in [-0.15, -0.1) is 0 Å². The molecule has 21 heavy (non-hydrogen) atoms. The smallest absolute Gasteiger partial charge is 0.252 e. The van der Waals surface area contributed by atoms with Crippen LogP contribution in [0.4, 0.5) is 0 Å². The van der Waals surface area contributed by atoms with Gasteiger partial charge in [-0.05, 0) is 36.1 Å². The van der Waals surface area contributed by atoms with Gasteiger partial charge in [0.25, 0.3) is 5.91 Å². The Kier molecular flexibility index (Phi) is 3.79. The van der Waals surface area contributed by atoms with E-state index in [1.54, 1.807) is 11.0 Å². The SMILES string of the molecule is CC(NC(=O)c1ccsc1)c1ccc(-n2cncn2)cc1. The molecule has 0 saturated carbocycles. The van der Waals surface area contributed by atoms with Crippen molar-refractivity contribution in [2.75, 3.05) is 0 Å². The predicted octanol–water partition coefficient (Wildman–Crippen LogP) is 2.82. The highest BCUT2D eigenvalue weighted by molar-refractivity contribution is 7.08. The van der Waals surface area contributed by atoms with Crippen LogP contribution in [0.25, 0.3) is 5.69 Å². The van der Waals surface area contributed by atoms with E-state index in [9.17, 15) is 4.79 Å². The van der Waals surface area contributed by atoms with Crippen molar-refractivity contribution in [3.8, 4) is 5.69 Å². The third-order valence-electron chi connectivity index (χ3n) is 3.21. The van der Waals surface area contributed by atoms with Crippen LogP contribution in [0.5, 0.6) is 0 Å². The summed E-state index contributed by atoms with van der Waals surface area (Å²) in [5, 5.41) is 10.8. The van der Waals surface area contributed by atoms with Crippen LogP contribution in [0, 0.1) is 0 Å². The number of benzene rings is 1. The monoisotopic (exact) mass is 298 g/mol. The molecule has 1 N–H and O–H groups in total. The molecule has 0 bridgehead atoms. The number of hydrogen-bond acceptors (Lipinski definition) is 4. The van der Waals surface area contributed by atoms with Gasteiger partial charge in [0.05, 0.1) is 17.3 Å². The average Bonchev–Trinajstić information content (AvgIpc) is 3.20. The van der Waals surface area contributed by atoms with E-state index >= 15 is 0 Å². The first-order chi connectivity index (χ1) is 10.2. The molecule has 3 rings (SSSR count). The summed E-state index contributed by atoms with van der Waals surface area (Å²) in [4.78, 5) is 15.9. The van der Waals surface area contributed by atoms with Gasteiger partial charge in [-0.3, -0.25) is 4.79 Å². The van der Waals surface area contributed by atoms with E-state index in [0.29, 0.717) is 5.56 Å². The van der Waals surface area contributed by atoms with Crippen LogP contribution < -0.4 is 5.32 Å². The first-order valence-corrected chi connectivity index (χ1v) is 7.46. The number of thiophene rings is 1. The lowest BCUT2D eigenvalue weighted by Crippen LogP contribution is -2.26. The Morgan fingerprint density at radius 3 is 2.71 bits per heavy atom. The van der Waals surface area contributed by atoms with Crippen LogP contribution in [0.3, 0.4) is 0 Å². The van der Waals surface area contributed by atoms with Crippen molar-refractivity contribution in [3.05, 3.63) is 64.9 Å². The topological polar surface area (TPSA) is 59.8 Å². The zero-order valence-electron chi connectivity index (χ0n) is 11.4. The fraction of sp³-hybridized carbons (Fsp3) is 0.133. The maximum absolute atomic E-state index is 12.0. The lowest BCUT2D eigenvalue weighted by atomic mass is 10.1. The number of hydrogen-bond donors (Lipinski definition) is 1. The van der Waals surface area contributed by atoms with Gasteiger partial charge in [0.1, 0.15) is 12.7 Å². The van der Waals surface area contributed by atoms with E-state index in [4.69, 9.17) is 0 Å². The van der Waals surface area contributed by atoms with Gasteiger partial charge in [-0.2, -0.15) is 16.4 Å². The van der Waals surface area contributed by atoms with Crippen molar-refractivity contribution >= 4 is 17.2 Å². The summed E-state index contributed by atoms with van der Waals surface area (Å²) in [6.45, 7) is 1.97. The molecule has 1 atom stereocenters. The van der Waals surface area contributed by atoms with Gasteiger partial charge in [-0.25, -0.2) is 9.67 Å². The summed E-state index contributed by atoms with van der Waals surface area (Å²) in [6, 6.07) is 9.64. The van der Waals surface area contributed by atoms with Crippen molar-refractivity contribution < 1.29 is 4.79 Å². The molecular weight excluding hydrogens is 284 g/mol. The van der Waals surface area contributed by atoms with Crippen LogP contribution in [-0.4, -0.2) is 20.7 Å². The highest BCUT2D eigenvalue weighted by atomic mass is 32.1. The molecule has 1 amide bonds. The number of nitrogens with zero attached hydrogens (tertiary/aromatic N) is 3. The summed E-state index contributed by atoms with van der Waals surface area (Å²) in [5.74, 6) is -0.0518. The molecule has 1 aromatic carbocycles. The van der Waals surface area contributed by atoms with Crippen LogP contribution >= 0.6 is 11.3 Å². The fourth-order valence-electron chi connectivity index (χ4n) is 2.01. The van der Waals surface area contributed by atoms with Crippen molar-refractivity contribution in [2.24, 2.45) is 0 Å². The van der Waals surface area contributed by atoms with Crippen LogP contribution in [0.1, 0.15) is 28.9 Å². The number of rotatable bonds is 4. The maximum Gasteiger partial charge on any atom is 0.252 e. The second-order valence-corrected chi connectivity index (χ2v) is 5.42. The maximum atomic E-state index is 12.0. The lowest BCUT2D eigenvalue weighted by molar-refractivity contribution is 0.0940. The van der Waals surface area contributed by atoms with Crippen LogP contribution in [-0.2, 0) is 0 Å². The summed E-state index contributed by atoms with van der Waals surface area (Å²) >= 11 is 1.51. The van der Waals surface area contributed by atoms with Gasteiger partial charge in [-0.1, -0.05) is 12.1 Å². The molecule has 0 saturated heterocycles. The van der Waals surface area contributed by atoms with Crippen molar-refractivity contribution in [1.82, 2.24) is 20.1 Å². The minimum Gasteiger partial charge on any atom is -0.345 e. The zero-order valence-corrected chi connectivity index (χ0v) is 12.2. The van der Waals surface area contributed by atoms with Crippen molar-refractivity contribution in [3.63, 3.8) is 0 Å². The minimum absolute atomic E-state index is 0.0518. The second kappa shape index (κ2) is 5.88. The summed E-state index contributed by atoms with van der Waals surface area (Å²) < 4.78 is 1.69. The molecule has 106 valence electrons. The number of amides is 1. The Balaban J connectivity index is 1.70. The van der Waals surface area contributed by atoms with E-state index in [-0.39, 0.29) is 11.9 Å². The molecule has 3 aromatic rings. The van der Waals surface area contributed by atoms with E-state index in [1.807, 2.05) is 48.0 Å².